The largest absolute Gasteiger partial charge is 0.480 e. The molecule has 0 aliphatic heterocycles. The Morgan fingerprint density at radius 2 is 2.00 bits per heavy atom. The van der Waals surface area contributed by atoms with Crippen LogP contribution in [-0.2, 0) is 11.3 Å². The number of rotatable bonds is 8. The van der Waals surface area contributed by atoms with Crippen LogP contribution < -0.4 is 11.1 Å². The molecule has 1 atom stereocenters. The third-order valence-corrected chi connectivity index (χ3v) is 2.68. The smallest absolute Gasteiger partial charge is 0.320 e. The highest BCUT2D eigenvalue weighted by Gasteiger charge is 2.09. The Kier molecular flexibility index (Phi) is 6.32. The van der Waals surface area contributed by atoms with Crippen LogP contribution in [0.1, 0.15) is 24.8 Å². The van der Waals surface area contributed by atoms with Crippen LogP contribution in [0.3, 0.4) is 0 Å². The Bertz CT molecular complexity index is 368. The van der Waals surface area contributed by atoms with Crippen molar-refractivity contribution in [1.29, 1.82) is 0 Å². The summed E-state index contributed by atoms with van der Waals surface area (Å²) >= 11 is 0. The van der Waals surface area contributed by atoms with Gasteiger partial charge in [0.2, 0.25) is 0 Å². The molecule has 0 unspecified atom stereocenters. The molecule has 5 heteroatoms. The second-order valence-corrected chi connectivity index (χ2v) is 4.24. The number of benzene rings is 1. The summed E-state index contributed by atoms with van der Waals surface area (Å²) in [6.45, 7) is 1.48. The lowest BCUT2D eigenvalue weighted by molar-refractivity contribution is -0.138. The summed E-state index contributed by atoms with van der Waals surface area (Å²) < 4.78 is 12.6. The third-order valence-electron chi connectivity index (χ3n) is 2.68. The normalized spacial score (nSPS) is 12.3. The molecular weight excluding hydrogens is 235 g/mol. The van der Waals surface area contributed by atoms with Crippen LogP contribution in [0, 0.1) is 5.82 Å². The number of hydrogen-bond donors (Lipinski definition) is 3. The van der Waals surface area contributed by atoms with Gasteiger partial charge in [0.05, 0.1) is 0 Å². The van der Waals surface area contributed by atoms with Crippen LogP contribution in [0.25, 0.3) is 0 Å². The predicted molar refractivity (Wildman–Crippen MR) is 67.6 cm³/mol. The number of aliphatic carboxylic acids is 1. The number of carbonyl (C=O) groups is 1. The molecular formula is C13H19FN2O2. The van der Waals surface area contributed by atoms with E-state index in [1.807, 2.05) is 0 Å². The molecule has 0 radical (unpaired) electrons. The van der Waals surface area contributed by atoms with Crippen molar-refractivity contribution in [2.45, 2.75) is 31.8 Å². The van der Waals surface area contributed by atoms with Crippen molar-refractivity contribution >= 4 is 5.97 Å². The maximum atomic E-state index is 12.6. The summed E-state index contributed by atoms with van der Waals surface area (Å²) in [4.78, 5) is 10.5. The van der Waals surface area contributed by atoms with Gasteiger partial charge in [0, 0.05) is 6.54 Å². The van der Waals surface area contributed by atoms with Crippen molar-refractivity contribution in [3.63, 3.8) is 0 Å². The van der Waals surface area contributed by atoms with E-state index in [1.54, 1.807) is 12.1 Å². The molecule has 18 heavy (non-hydrogen) atoms. The second-order valence-electron chi connectivity index (χ2n) is 4.24. The monoisotopic (exact) mass is 254 g/mol. The Hall–Kier alpha value is -1.46. The molecule has 1 aromatic carbocycles. The minimum atomic E-state index is -0.950. The van der Waals surface area contributed by atoms with Crippen LogP contribution >= 0.6 is 0 Å². The molecule has 0 saturated heterocycles. The Labute approximate surface area is 106 Å². The number of hydrogen-bond acceptors (Lipinski definition) is 3. The molecule has 4 N–H and O–H groups in total. The SMILES string of the molecule is N[C@@H](CCCCNCc1ccc(F)cc1)C(=O)O. The zero-order valence-corrected chi connectivity index (χ0v) is 10.2. The number of carboxylic acids is 1. The van der Waals surface area contributed by atoms with E-state index in [2.05, 4.69) is 5.32 Å². The Morgan fingerprint density at radius 3 is 2.61 bits per heavy atom. The van der Waals surface area contributed by atoms with Gasteiger partial charge in [-0.1, -0.05) is 18.6 Å². The van der Waals surface area contributed by atoms with E-state index in [9.17, 15) is 9.18 Å². The van der Waals surface area contributed by atoms with Crippen LogP contribution in [-0.4, -0.2) is 23.7 Å². The molecule has 0 aromatic heterocycles. The summed E-state index contributed by atoms with van der Waals surface area (Å²) in [5.74, 6) is -1.18. The van der Waals surface area contributed by atoms with Crippen molar-refractivity contribution in [3.8, 4) is 0 Å². The molecule has 0 heterocycles. The summed E-state index contributed by atoms with van der Waals surface area (Å²) in [5.41, 5.74) is 6.41. The number of nitrogens with two attached hydrogens (primary N) is 1. The number of unbranched alkanes of at least 4 members (excludes halogenated alkanes) is 1. The summed E-state index contributed by atoms with van der Waals surface area (Å²) in [5, 5.41) is 11.8. The van der Waals surface area contributed by atoms with E-state index < -0.39 is 12.0 Å². The van der Waals surface area contributed by atoms with E-state index in [4.69, 9.17) is 10.8 Å². The molecule has 0 aliphatic carbocycles. The molecule has 0 spiro atoms. The fraction of sp³-hybridized carbons (Fsp3) is 0.462. The lowest BCUT2D eigenvalue weighted by atomic mass is 10.1. The summed E-state index contributed by atoms with van der Waals surface area (Å²) in [7, 11) is 0. The predicted octanol–water partition coefficient (Wildman–Crippen LogP) is 1.50. The maximum Gasteiger partial charge on any atom is 0.320 e. The first-order valence-corrected chi connectivity index (χ1v) is 6.03. The zero-order valence-electron chi connectivity index (χ0n) is 10.2. The fourth-order valence-electron chi connectivity index (χ4n) is 1.57. The van der Waals surface area contributed by atoms with Gasteiger partial charge in [-0.25, -0.2) is 4.39 Å². The molecule has 0 fully saturated rings. The van der Waals surface area contributed by atoms with Crippen LogP contribution in [0.5, 0.6) is 0 Å². The van der Waals surface area contributed by atoms with Gasteiger partial charge >= 0.3 is 5.97 Å². The number of carboxylic acid groups (broad SMARTS) is 1. The molecule has 1 rings (SSSR count). The van der Waals surface area contributed by atoms with Gasteiger partial charge in [-0.15, -0.1) is 0 Å². The molecule has 1 aromatic rings. The van der Waals surface area contributed by atoms with Crippen molar-refractivity contribution in [1.82, 2.24) is 5.32 Å². The van der Waals surface area contributed by atoms with E-state index in [0.717, 1.165) is 24.9 Å². The first-order chi connectivity index (χ1) is 8.59. The molecule has 0 aliphatic rings. The van der Waals surface area contributed by atoms with Gasteiger partial charge in [0.15, 0.2) is 0 Å². The van der Waals surface area contributed by atoms with Gasteiger partial charge in [-0.2, -0.15) is 0 Å². The quantitative estimate of drug-likeness (QED) is 0.614. The maximum absolute atomic E-state index is 12.6. The molecule has 100 valence electrons. The Morgan fingerprint density at radius 1 is 1.33 bits per heavy atom. The van der Waals surface area contributed by atoms with Gasteiger partial charge in [0.1, 0.15) is 11.9 Å². The lowest BCUT2D eigenvalue weighted by Gasteiger charge is -2.07. The topological polar surface area (TPSA) is 75.3 Å². The molecule has 4 nitrogen and oxygen atoms in total. The van der Waals surface area contributed by atoms with Crippen LogP contribution in [0.2, 0.25) is 0 Å². The van der Waals surface area contributed by atoms with Crippen LogP contribution in [0.4, 0.5) is 4.39 Å². The first kappa shape index (κ1) is 14.6. The summed E-state index contributed by atoms with van der Waals surface area (Å²) in [6, 6.07) is 5.58. The first-order valence-electron chi connectivity index (χ1n) is 6.03. The lowest BCUT2D eigenvalue weighted by Crippen LogP contribution is -2.30. The van der Waals surface area contributed by atoms with E-state index >= 15 is 0 Å². The molecule has 0 bridgehead atoms. The summed E-state index contributed by atoms with van der Waals surface area (Å²) in [6.07, 6.45) is 2.15. The number of nitrogens with one attached hydrogen (secondary N) is 1. The minimum Gasteiger partial charge on any atom is -0.480 e. The average Bonchev–Trinajstić information content (AvgIpc) is 2.35. The minimum absolute atomic E-state index is 0.235. The highest BCUT2D eigenvalue weighted by molar-refractivity contribution is 5.72. The van der Waals surface area contributed by atoms with Gasteiger partial charge < -0.3 is 16.2 Å². The van der Waals surface area contributed by atoms with Crippen molar-refractivity contribution < 1.29 is 14.3 Å². The number of halogens is 1. The van der Waals surface area contributed by atoms with Gasteiger partial charge in [-0.05, 0) is 37.1 Å². The third kappa shape index (κ3) is 5.75. The van der Waals surface area contributed by atoms with E-state index in [0.29, 0.717) is 13.0 Å². The van der Waals surface area contributed by atoms with Crippen molar-refractivity contribution in [3.05, 3.63) is 35.6 Å². The molecule has 0 amide bonds. The van der Waals surface area contributed by atoms with E-state index in [-0.39, 0.29) is 5.82 Å². The Balaban J connectivity index is 2.05. The average molecular weight is 254 g/mol. The van der Waals surface area contributed by atoms with Crippen molar-refractivity contribution in [2.75, 3.05) is 6.54 Å². The fourth-order valence-corrected chi connectivity index (χ4v) is 1.57. The second kappa shape index (κ2) is 7.79. The highest BCUT2D eigenvalue weighted by Crippen LogP contribution is 2.02. The standard InChI is InChI=1S/C13H19FN2O2/c14-11-6-4-10(5-7-11)9-16-8-2-1-3-12(15)13(17)18/h4-7,12,16H,1-3,8-9,15H2,(H,17,18)/t12-/m0/s1. The molecule has 0 saturated carbocycles. The van der Waals surface area contributed by atoms with Gasteiger partial charge in [-0.3, -0.25) is 4.79 Å². The van der Waals surface area contributed by atoms with Crippen molar-refractivity contribution in [2.24, 2.45) is 5.73 Å². The van der Waals surface area contributed by atoms with E-state index in [1.165, 1.54) is 12.1 Å². The zero-order chi connectivity index (χ0) is 13.4. The van der Waals surface area contributed by atoms with Crippen LogP contribution in [0.15, 0.2) is 24.3 Å². The van der Waals surface area contributed by atoms with Gasteiger partial charge in [0.25, 0.3) is 0 Å². The highest BCUT2D eigenvalue weighted by atomic mass is 19.1.